The Morgan fingerprint density at radius 1 is 1.00 bits per heavy atom. The van der Waals surface area contributed by atoms with Crippen LogP contribution < -0.4 is 0 Å². The van der Waals surface area contributed by atoms with Gasteiger partial charge in [0.15, 0.2) is 0 Å². The van der Waals surface area contributed by atoms with Crippen LogP contribution in [0.25, 0.3) is 0 Å². The average Bonchev–Trinajstić information content (AvgIpc) is 2.30. The predicted octanol–water partition coefficient (Wildman–Crippen LogP) is 0.296. The number of hydrogen-bond acceptors (Lipinski definition) is 3. The molecule has 0 aromatic heterocycles. The van der Waals surface area contributed by atoms with E-state index in [0.717, 1.165) is 12.8 Å². The van der Waals surface area contributed by atoms with Crippen molar-refractivity contribution in [2.24, 2.45) is 0 Å². The average molecular weight is 160 g/mol. The van der Waals surface area contributed by atoms with Crippen molar-refractivity contribution in [3.8, 4) is 0 Å². The molecule has 1 saturated heterocycles. The lowest BCUT2D eigenvalue weighted by molar-refractivity contribution is 0.00521. The Kier molecular flexibility index (Phi) is 2.87. The minimum atomic E-state index is -0.690. The molecule has 1 rings (SSSR count). The first-order valence-electron chi connectivity index (χ1n) is 4.22. The van der Waals surface area contributed by atoms with Crippen LogP contribution in [0.4, 0.5) is 0 Å². The monoisotopic (exact) mass is 160 g/mol. The van der Waals surface area contributed by atoms with E-state index in [4.69, 9.17) is 4.74 Å². The second-order valence-electron chi connectivity index (χ2n) is 3.01. The Bertz CT molecular complexity index is 109. The molecule has 0 radical (unpaired) electrons. The molecular weight excluding hydrogens is 144 g/mol. The summed E-state index contributed by atoms with van der Waals surface area (Å²) in [6, 6.07) is 0. The van der Waals surface area contributed by atoms with E-state index in [1.165, 1.54) is 0 Å². The second kappa shape index (κ2) is 3.52. The van der Waals surface area contributed by atoms with Gasteiger partial charge in [0.1, 0.15) is 12.2 Å². The molecule has 3 heteroatoms. The Morgan fingerprint density at radius 2 is 1.36 bits per heavy atom. The summed E-state index contributed by atoms with van der Waals surface area (Å²) in [4.78, 5) is 0. The molecule has 2 N–H and O–H groups in total. The molecule has 0 amide bonds. The quantitative estimate of drug-likeness (QED) is 0.610. The summed E-state index contributed by atoms with van der Waals surface area (Å²) in [7, 11) is 0. The van der Waals surface area contributed by atoms with E-state index in [9.17, 15) is 10.2 Å². The zero-order chi connectivity index (χ0) is 8.43. The van der Waals surface area contributed by atoms with E-state index in [1.54, 1.807) is 0 Å². The van der Waals surface area contributed by atoms with Crippen molar-refractivity contribution in [2.45, 2.75) is 51.1 Å². The van der Waals surface area contributed by atoms with Crippen LogP contribution in [0.1, 0.15) is 26.7 Å². The third kappa shape index (κ3) is 1.55. The van der Waals surface area contributed by atoms with Crippen LogP contribution in [0.3, 0.4) is 0 Å². The largest absolute Gasteiger partial charge is 0.388 e. The summed E-state index contributed by atoms with van der Waals surface area (Å²) in [5.41, 5.74) is 0. The highest BCUT2D eigenvalue weighted by molar-refractivity contribution is 4.88. The van der Waals surface area contributed by atoms with E-state index >= 15 is 0 Å². The molecule has 1 aliphatic heterocycles. The highest BCUT2D eigenvalue weighted by Crippen LogP contribution is 2.24. The molecule has 0 aliphatic carbocycles. The van der Waals surface area contributed by atoms with Crippen molar-refractivity contribution in [3.05, 3.63) is 0 Å². The van der Waals surface area contributed by atoms with E-state index in [1.807, 2.05) is 13.8 Å². The van der Waals surface area contributed by atoms with Gasteiger partial charge in [-0.1, -0.05) is 13.8 Å². The molecule has 3 nitrogen and oxygen atoms in total. The van der Waals surface area contributed by atoms with Crippen molar-refractivity contribution in [2.75, 3.05) is 0 Å². The van der Waals surface area contributed by atoms with Gasteiger partial charge in [-0.2, -0.15) is 0 Å². The molecule has 1 heterocycles. The Hall–Kier alpha value is -0.120. The van der Waals surface area contributed by atoms with Crippen molar-refractivity contribution in [3.63, 3.8) is 0 Å². The number of hydrogen-bond donors (Lipinski definition) is 2. The molecule has 0 bridgehead atoms. The van der Waals surface area contributed by atoms with Gasteiger partial charge >= 0.3 is 0 Å². The van der Waals surface area contributed by atoms with Crippen LogP contribution >= 0.6 is 0 Å². The minimum absolute atomic E-state index is 0.171. The topological polar surface area (TPSA) is 49.7 Å². The van der Waals surface area contributed by atoms with Crippen molar-refractivity contribution >= 4 is 0 Å². The smallest absolute Gasteiger partial charge is 0.109 e. The van der Waals surface area contributed by atoms with E-state index in [2.05, 4.69) is 0 Å². The number of ether oxygens (including phenoxy) is 1. The molecule has 1 fully saturated rings. The summed E-state index contributed by atoms with van der Waals surface area (Å²) in [6.45, 7) is 3.89. The first kappa shape index (κ1) is 8.97. The zero-order valence-corrected chi connectivity index (χ0v) is 7.03. The van der Waals surface area contributed by atoms with Crippen molar-refractivity contribution in [1.29, 1.82) is 0 Å². The van der Waals surface area contributed by atoms with Crippen LogP contribution in [0.2, 0.25) is 0 Å². The molecule has 0 aromatic rings. The van der Waals surface area contributed by atoms with Gasteiger partial charge in [-0.15, -0.1) is 0 Å². The van der Waals surface area contributed by atoms with E-state index in [-0.39, 0.29) is 12.2 Å². The number of aliphatic hydroxyl groups excluding tert-OH is 2. The fourth-order valence-electron chi connectivity index (χ4n) is 1.50. The molecule has 0 aromatic carbocycles. The molecule has 4 unspecified atom stereocenters. The molecule has 0 saturated carbocycles. The molecule has 4 atom stereocenters. The molecule has 0 spiro atoms. The molecule has 11 heavy (non-hydrogen) atoms. The number of aliphatic hydroxyl groups is 2. The normalized spacial score (nSPS) is 44.7. The first-order valence-corrected chi connectivity index (χ1v) is 4.22. The maximum atomic E-state index is 9.38. The van der Waals surface area contributed by atoms with Gasteiger partial charge in [-0.25, -0.2) is 0 Å². The van der Waals surface area contributed by atoms with Crippen molar-refractivity contribution in [1.82, 2.24) is 0 Å². The summed E-state index contributed by atoms with van der Waals surface area (Å²) < 4.78 is 5.38. The van der Waals surface area contributed by atoms with Crippen molar-refractivity contribution < 1.29 is 14.9 Å². The first-order chi connectivity index (χ1) is 5.20. The summed E-state index contributed by atoms with van der Waals surface area (Å²) in [5.74, 6) is 0. The van der Waals surface area contributed by atoms with Gasteiger partial charge < -0.3 is 14.9 Å². The summed E-state index contributed by atoms with van der Waals surface area (Å²) in [5, 5.41) is 18.8. The van der Waals surface area contributed by atoms with Gasteiger partial charge in [0, 0.05) is 0 Å². The van der Waals surface area contributed by atoms with E-state index in [0.29, 0.717) is 0 Å². The lowest BCUT2D eigenvalue weighted by atomic mass is 10.1. The lowest BCUT2D eigenvalue weighted by Gasteiger charge is -2.11. The number of rotatable bonds is 2. The summed E-state index contributed by atoms with van der Waals surface area (Å²) >= 11 is 0. The Balaban J connectivity index is 2.53. The molecule has 1 aliphatic rings. The Labute approximate surface area is 67.0 Å². The van der Waals surface area contributed by atoms with Crippen LogP contribution in [0.15, 0.2) is 0 Å². The van der Waals surface area contributed by atoms with Gasteiger partial charge in [0.2, 0.25) is 0 Å². The zero-order valence-electron chi connectivity index (χ0n) is 7.03. The van der Waals surface area contributed by atoms with Crippen LogP contribution in [0.5, 0.6) is 0 Å². The van der Waals surface area contributed by atoms with Crippen LogP contribution in [-0.4, -0.2) is 34.6 Å². The predicted molar refractivity (Wildman–Crippen MR) is 41.3 cm³/mol. The van der Waals surface area contributed by atoms with Gasteiger partial charge in [-0.05, 0) is 12.8 Å². The third-order valence-electron chi connectivity index (χ3n) is 2.27. The van der Waals surface area contributed by atoms with Gasteiger partial charge in [0.25, 0.3) is 0 Å². The fourth-order valence-corrected chi connectivity index (χ4v) is 1.50. The maximum Gasteiger partial charge on any atom is 0.109 e. The van der Waals surface area contributed by atoms with Gasteiger partial charge in [0.05, 0.1) is 12.2 Å². The highest BCUT2D eigenvalue weighted by Gasteiger charge is 2.40. The minimum Gasteiger partial charge on any atom is -0.388 e. The maximum absolute atomic E-state index is 9.38. The fraction of sp³-hybridized carbons (Fsp3) is 1.00. The highest BCUT2D eigenvalue weighted by atomic mass is 16.5. The summed E-state index contributed by atoms with van der Waals surface area (Å²) in [6.07, 6.45) is -0.205. The lowest BCUT2D eigenvalue weighted by Crippen LogP contribution is -2.31. The Morgan fingerprint density at radius 3 is 1.55 bits per heavy atom. The van der Waals surface area contributed by atoms with Gasteiger partial charge in [-0.3, -0.25) is 0 Å². The van der Waals surface area contributed by atoms with E-state index < -0.39 is 12.2 Å². The second-order valence-corrected chi connectivity index (χ2v) is 3.01. The molecule has 66 valence electrons. The van der Waals surface area contributed by atoms with Crippen LogP contribution in [-0.2, 0) is 4.74 Å². The SMILES string of the molecule is CCC1OC(CC)C(O)C1O. The van der Waals surface area contributed by atoms with Crippen LogP contribution in [0, 0.1) is 0 Å². The molecular formula is C8H16O3. The third-order valence-corrected chi connectivity index (χ3v) is 2.27. The standard InChI is InChI=1S/C8H16O3/c1-3-5-7(9)8(10)6(4-2)11-5/h5-10H,3-4H2,1-2H3.